The van der Waals surface area contributed by atoms with Gasteiger partial charge in [0, 0.05) is 25.2 Å². The lowest BCUT2D eigenvalue weighted by molar-refractivity contribution is 0.0991. The average molecular weight is 348 g/mol. The first kappa shape index (κ1) is 16.2. The SMILES string of the molecule is O=C(N1CCCCC1)N1[C@@H]2CC[C@H]1C[C@@H](c1ccc3ccccc3c1)C2. The van der Waals surface area contributed by atoms with E-state index in [1.165, 1.54) is 48.4 Å². The maximum atomic E-state index is 13.1. The molecule has 0 unspecified atom stereocenters. The minimum Gasteiger partial charge on any atom is -0.325 e. The van der Waals surface area contributed by atoms with Crippen LogP contribution in [0.2, 0.25) is 0 Å². The van der Waals surface area contributed by atoms with E-state index in [4.69, 9.17) is 0 Å². The van der Waals surface area contributed by atoms with Gasteiger partial charge in [-0.3, -0.25) is 0 Å². The highest BCUT2D eigenvalue weighted by molar-refractivity contribution is 5.83. The number of fused-ring (bicyclic) bond motifs is 3. The molecule has 3 heteroatoms. The van der Waals surface area contributed by atoms with E-state index in [1.807, 2.05) is 0 Å². The van der Waals surface area contributed by atoms with Crippen LogP contribution < -0.4 is 0 Å². The van der Waals surface area contributed by atoms with Crippen LogP contribution in [0.25, 0.3) is 10.8 Å². The third kappa shape index (κ3) is 2.78. The minimum absolute atomic E-state index is 0.328. The fourth-order valence-electron chi connectivity index (χ4n) is 5.47. The monoisotopic (exact) mass is 348 g/mol. The van der Waals surface area contributed by atoms with Crippen molar-refractivity contribution in [1.82, 2.24) is 9.80 Å². The first-order valence-electron chi connectivity index (χ1n) is 10.4. The Balaban J connectivity index is 1.35. The standard InChI is InChI=1S/C23H28N2O/c26-23(24-12-4-1-5-13-24)25-21-10-11-22(25)16-20(15-21)19-9-8-17-6-2-3-7-18(17)14-19/h2-3,6-9,14,20-22H,1,4-5,10-13,15-16H2/t20-,21+,22-. The van der Waals surface area contributed by atoms with Gasteiger partial charge in [-0.2, -0.15) is 0 Å². The molecule has 3 fully saturated rings. The highest BCUT2D eigenvalue weighted by Crippen LogP contribution is 2.44. The summed E-state index contributed by atoms with van der Waals surface area (Å²) in [4.78, 5) is 17.5. The van der Waals surface area contributed by atoms with E-state index in [1.54, 1.807) is 0 Å². The first-order valence-corrected chi connectivity index (χ1v) is 10.4. The van der Waals surface area contributed by atoms with E-state index in [9.17, 15) is 4.79 Å². The van der Waals surface area contributed by atoms with Gasteiger partial charge in [-0.15, -0.1) is 0 Å². The number of carbonyl (C=O) groups excluding carboxylic acids is 1. The number of likely N-dealkylation sites (tertiary alicyclic amines) is 1. The molecule has 3 aliphatic heterocycles. The lowest BCUT2D eigenvalue weighted by atomic mass is 9.84. The van der Waals surface area contributed by atoms with E-state index in [0.29, 0.717) is 24.0 Å². The van der Waals surface area contributed by atoms with Gasteiger partial charge in [0.1, 0.15) is 0 Å². The van der Waals surface area contributed by atoms with E-state index >= 15 is 0 Å². The number of nitrogens with zero attached hydrogens (tertiary/aromatic N) is 2. The summed E-state index contributed by atoms with van der Waals surface area (Å²) in [6, 6.07) is 16.8. The highest BCUT2D eigenvalue weighted by atomic mass is 16.2. The normalized spacial score (nSPS) is 28.5. The first-order chi connectivity index (χ1) is 12.8. The van der Waals surface area contributed by atoms with Crippen molar-refractivity contribution in [2.24, 2.45) is 0 Å². The number of piperidine rings is 2. The molecule has 2 amide bonds. The molecule has 3 atom stereocenters. The van der Waals surface area contributed by atoms with Gasteiger partial charge in [0.05, 0.1) is 0 Å². The third-order valence-electron chi connectivity index (χ3n) is 6.83. The van der Waals surface area contributed by atoms with Crippen molar-refractivity contribution < 1.29 is 4.79 Å². The van der Waals surface area contributed by atoms with Gasteiger partial charge >= 0.3 is 6.03 Å². The number of hydrogen-bond acceptors (Lipinski definition) is 1. The Morgan fingerprint density at radius 2 is 1.54 bits per heavy atom. The number of amides is 2. The summed E-state index contributed by atoms with van der Waals surface area (Å²) >= 11 is 0. The number of rotatable bonds is 1. The van der Waals surface area contributed by atoms with Gasteiger partial charge in [-0.1, -0.05) is 42.5 Å². The van der Waals surface area contributed by atoms with E-state index in [-0.39, 0.29) is 0 Å². The van der Waals surface area contributed by atoms with Crippen molar-refractivity contribution in [2.45, 2.75) is 62.9 Å². The van der Waals surface area contributed by atoms with Crippen LogP contribution in [0.1, 0.15) is 56.4 Å². The second kappa shape index (κ2) is 6.61. The van der Waals surface area contributed by atoms with Crippen LogP contribution in [0, 0.1) is 0 Å². The largest absolute Gasteiger partial charge is 0.325 e. The van der Waals surface area contributed by atoms with Crippen LogP contribution in [-0.2, 0) is 0 Å². The Labute approximate surface area is 156 Å². The molecular weight excluding hydrogens is 320 g/mol. The molecule has 3 aliphatic rings. The molecule has 2 aromatic carbocycles. The lowest BCUT2D eigenvalue weighted by Crippen LogP contribution is -2.53. The van der Waals surface area contributed by atoms with Crippen molar-refractivity contribution in [1.29, 1.82) is 0 Å². The van der Waals surface area contributed by atoms with E-state index in [2.05, 4.69) is 52.3 Å². The Hall–Kier alpha value is -2.03. The number of hydrogen-bond donors (Lipinski definition) is 0. The average Bonchev–Trinajstić information content (AvgIpc) is 2.97. The van der Waals surface area contributed by atoms with Gasteiger partial charge in [0.15, 0.2) is 0 Å². The Kier molecular flexibility index (Phi) is 4.11. The molecule has 136 valence electrons. The number of carbonyl (C=O) groups is 1. The summed E-state index contributed by atoms with van der Waals surface area (Å²) in [6.45, 7) is 1.92. The van der Waals surface area contributed by atoms with Crippen molar-refractivity contribution in [3.63, 3.8) is 0 Å². The zero-order valence-electron chi connectivity index (χ0n) is 15.4. The Bertz CT molecular complexity index is 797. The number of benzene rings is 2. The Morgan fingerprint density at radius 3 is 2.27 bits per heavy atom. The fraction of sp³-hybridized carbons (Fsp3) is 0.522. The molecule has 5 rings (SSSR count). The lowest BCUT2D eigenvalue weighted by Gasteiger charge is -2.42. The summed E-state index contributed by atoms with van der Waals surface area (Å²) in [5, 5.41) is 2.65. The van der Waals surface area contributed by atoms with Gasteiger partial charge in [0.25, 0.3) is 0 Å². The predicted molar refractivity (Wildman–Crippen MR) is 105 cm³/mol. The van der Waals surface area contributed by atoms with Crippen LogP contribution in [-0.4, -0.2) is 41.0 Å². The van der Waals surface area contributed by atoms with Crippen molar-refractivity contribution in [3.8, 4) is 0 Å². The maximum Gasteiger partial charge on any atom is 0.320 e. The van der Waals surface area contributed by atoms with Crippen LogP contribution in [0.4, 0.5) is 4.79 Å². The van der Waals surface area contributed by atoms with Crippen LogP contribution >= 0.6 is 0 Å². The van der Waals surface area contributed by atoms with Gasteiger partial charge in [-0.25, -0.2) is 4.79 Å². The topological polar surface area (TPSA) is 23.6 Å². The molecular formula is C23H28N2O. The molecule has 0 radical (unpaired) electrons. The highest BCUT2D eigenvalue weighted by Gasteiger charge is 2.44. The fourth-order valence-corrected chi connectivity index (χ4v) is 5.47. The summed E-state index contributed by atoms with van der Waals surface area (Å²) < 4.78 is 0. The zero-order valence-corrected chi connectivity index (χ0v) is 15.4. The molecule has 0 saturated carbocycles. The molecule has 0 aromatic heterocycles. The third-order valence-corrected chi connectivity index (χ3v) is 6.83. The Morgan fingerprint density at radius 1 is 0.846 bits per heavy atom. The molecule has 3 saturated heterocycles. The van der Waals surface area contributed by atoms with Crippen molar-refractivity contribution >= 4 is 16.8 Å². The predicted octanol–water partition coefficient (Wildman–Crippen LogP) is 5.16. The van der Waals surface area contributed by atoms with Gasteiger partial charge in [-0.05, 0) is 67.2 Å². The summed E-state index contributed by atoms with van der Waals surface area (Å²) in [5.74, 6) is 0.600. The summed E-state index contributed by atoms with van der Waals surface area (Å²) in [7, 11) is 0. The van der Waals surface area contributed by atoms with Crippen LogP contribution in [0.5, 0.6) is 0 Å². The summed E-state index contributed by atoms with van der Waals surface area (Å²) in [6.07, 6.45) is 8.27. The maximum absolute atomic E-state index is 13.1. The summed E-state index contributed by atoms with van der Waals surface area (Å²) in [5.41, 5.74) is 1.46. The quantitative estimate of drug-likeness (QED) is 0.698. The minimum atomic E-state index is 0.328. The van der Waals surface area contributed by atoms with Crippen LogP contribution in [0.15, 0.2) is 42.5 Å². The molecule has 3 nitrogen and oxygen atoms in total. The zero-order chi connectivity index (χ0) is 17.5. The number of urea groups is 1. The smallest absolute Gasteiger partial charge is 0.320 e. The van der Waals surface area contributed by atoms with E-state index in [0.717, 1.165) is 25.9 Å². The molecule has 2 aromatic rings. The van der Waals surface area contributed by atoms with Crippen molar-refractivity contribution in [3.05, 3.63) is 48.0 Å². The second-order valence-electron chi connectivity index (χ2n) is 8.40. The van der Waals surface area contributed by atoms with E-state index < -0.39 is 0 Å². The molecule has 2 bridgehead atoms. The molecule has 0 N–H and O–H groups in total. The molecule has 0 aliphatic carbocycles. The molecule has 3 heterocycles. The van der Waals surface area contributed by atoms with Crippen molar-refractivity contribution in [2.75, 3.05) is 13.1 Å². The van der Waals surface area contributed by atoms with Gasteiger partial charge in [0.2, 0.25) is 0 Å². The molecule has 0 spiro atoms. The van der Waals surface area contributed by atoms with Gasteiger partial charge < -0.3 is 9.80 Å². The molecule has 26 heavy (non-hydrogen) atoms. The second-order valence-corrected chi connectivity index (χ2v) is 8.40. The van der Waals surface area contributed by atoms with Crippen LogP contribution in [0.3, 0.4) is 0 Å².